The Morgan fingerprint density at radius 2 is 0.788 bits per heavy atom. The highest BCUT2D eigenvalue weighted by Gasteiger charge is 2.27. The van der Waals surface area contributed by atoms with E-state index in [9.17, 15) is 0 Å². The fraction of sp³-hybridized carbons (Fsp3) is 0. The van der Waals surface area contributed by atoms with Crippen molar-refractivity contribution in [2.24, 2.45) is 0 Å². The predicted molar refractivity (Wildman–Crippen MR) is 214 cm³/mol. The van der Waals surface area contributed by atoms with Crippen LogP contribution < -0.4 is 9.64 Å². The lowest BCUT2D eigenvalue weighted by atomic mass is 9.97. The standard InChI is InChI=1S/C48H31N3O/c1-4-14-32(15-5-1)39-30-43(49-41-22-12-10-20-37(39)41)34-24-26-45-47(28-34)52-48-29-35(25-27-46(48)51(45)36-18-8-3-9-19-36)44-31-40(33-16-6-2-7-17-33)38-21-11-13-23-42(38)50-44/h1-31H. The molecule has 3 heterocycles. The number of hydrogen-bond acceptors (Lipinski definition) is 4. The average Bonchev–Trinajstić information content (AvgIpc) is 3.22. The van der Waals surface area contributed by atoms with Crippen LogP contribution in [0.3, 0.4) is 0 Å². The van der Waals surface area contributed by atoms with Crippen LogP contribution in [0.2, 0.25) is 0 Å². The highest BCUT2D eigenvalue weighted by Crippen LogP contribution is 2.52. The maximum absolute atomic E-state index is 6.86. The number of anilines is 3. The fourth-order valence-corrected chi connectivity index (χ4v) is 7.34. The summed E-state index contributed by atoms with van der Waals surface area (Å²) < 4.78 is 6.86. The molecule has 244 valence electrons. The van der Waals surface area contributed by atoms with E-state index in [4.69, 9.17) is 14.7 Å². The summed E-state index contributed by atoms with van der Waals surface area (Å²) in [6.07, 6.45) is 0. The Hall–Kier alpha value is -7.04. The molecule has 0 radical (unpaired) electrons. The van der Waals surface area contributed by atoms with Gasteiger partial charge in [0.2, 0.25) is 0 Å². The third-order valence-corrected chi connectivity index (χ3v) is 9.83. The first-order valence-corrected chi connectivity index (χ1v) is 17.5. The summed E-state index contributed by atoms with van der Waals surface area (Å²) in [6.45, 7) is 0. The molecule has 0 amide bonds. The largest absolute Gasteiger partial charge is 0.453 e. The predicted octanol–water partition coefficient (Wildman–Crippen LogP) is 13.0. The molecule has 1 aliphatic heterocycles. The van der Waals surface area contributed by atoms with E-state index in [1.807, 2.05) is 18.2 Å². The molecule has 4 heteroatoms. The van der Waals surface area contributed by atoms with Gasteiger partial charge in [0.1, 0.15) is 0 Å². The molecule has 7 aromatic carbocycles. The quantitative estimate of drug-likeness (QED) is 0.183. The van der Waals surface area contributed by atoms with Gasteiger partial charge in [0.05, 0.1) is 33.8 Å². The van der Waals surface area contributed by atoms with E-state index in [2.05, 4.69) is 175 Å². The number of aromatic nitrogens is 2. The third-order valence-electron chi connectivity index (χ3n) is 9.83. The summed E-state index contributed by atoms with van der Waals surface area (Å²) in [7, 11) is 0. The van der Waals surface area contributed by atoms with Crippen molar-refractivity contribution < 1.29 is 4.74 Å². The molecule has 0 fully saturated rings. The van der Waals surface area contributed by atoms with Gasteiger partial charge in [-0.2, -0.15) is 0 Å². The van der Waals surface area contributed by atoms with Crippen LogP contribution in [0.4, 0.5) is 17.1 Å². The smallest absolute Gasteiger partial charge is 0.152 e. The Labute approximate surface area is 301 Å². The van der Waals surface area contributed by atoms with E-state index >= 15 is 0 Å². The van der Waals surface area contributed by atoms with Gasteiger partial charge >= 0.3 is 0 Å². The number of hydrogen-bond donors (Lipinski definition) is 0. The molecule has 4 nitrogen and oxygen atoms in total. The summed E-state index contributed by atoms with van der Waals surface area (Å²) in [6, 6.07) is 65.4. The van der Waals surface area contributed by atoms with E-state index in [1.165, 1.54) is 0 Å². The molecule has 52 heavy (non-hydrogen) atoms. The van der Waals surface area contributed by atoms with Gasteiger partial charge < -0.3 is 9.64 Å². The Balaban J connectivity index is 1.12. The van der Waals surface area contributed by atoms with Gasteiger partial charge in [-0.1, -0.05) is 127 Å². The molecule has 0 unspecified atom stereocenters. The number of rotatable bonds is 5. The second-order valence-corrected chi connectivity index (χ2v) is 13.0. The zero-order chi connectivity index (χ0) is 34.4. The first kappa shape index (κ1) is 29.8. The van der Waals surface area contributed by atoms with E-state index in [0.29, 0.717) is 0 Å². The fourth-order valence-electron chi connectivity index (χ4n) is 7.34. The molecular weight excluding hydrogens is 635 g/mol. The summed E-state index contributed by atoms with van der Waals surface area (Å²) in [5, 5.41) is 2.25. The molecule has 9 aromatic rings. The second-order valence-electron chi connectivity index (χ2n) is 13.0. The molecule has 0 spiro atoms. The minimum atomic E-state index is 0.763. The molecule has 0 aliphatic carbocycles. The van der Waals surface area contributed by atoms with Crippen LogP contribution in [-0.4, -0.2) is 9.97 Å². The number of nitrogens with zero attached hydrogens (tertiary/aromatic N) is 3. The molecule has 0 atom stereocenters. The highest BCUT2D eigenvalue weighted by atomic mass is 16.5. The van der Waals surface area contributed by atoms with Crippen molar-refractivity contribution in [1.29, 1.82) is 0 Å². The molecule has 0 N–H and O–H groups in total. The summed E-state index contributed by atoms with van der Waals surface area (Å²) in [5.74, 6) is 1.53. The van der Waals surface area contributed by atoms with E-state index in [-0.39, 0.29) is 0 Å². The van der Waals surface area contributed by atoms with Crippen molar-refractivity contribution in [3.63, 3.8) is 0 Å². The van der Waals surface area contributed by atoms with Gasteiger partial charge in [0.15, 0.2) is 11.5 Å². The van der Waals surface area contributed by atoms with Crippen molar-refractivity contribution in [2.45, 2.75) is 0 Å². The monoisotopic (exact) mass is 665 g/mol. The van der Waals surface area contributed by atoms with Gasteiger partial charge in [-0.25, -0.2) is 9.97 Å². The zero-order valence-electron chi connectivity index (χ0n) is 28.1. The van der Waals surface area contributed by atoms with Gasteiger partial charge in [-0.15, -0.1) is 0 Å². The van der Waals surface area contributed by atoms with Crippen LogP contribution in [0.15, 0.2) is 188 Å². The Bertz CT molecular complexity index is 2590. The number of fused-ring (bicyclic) bond motifs is 4. The van der Waals surface area contributed by atoms with E-state index in [0.717, 1.165) is 95.1 Å². The third kappa shape index (κ3) is 5.17. The van der Waals surface area contributed by atoms with Crippen LogP contribution in [0, 0.1) is 0 Å². The van der Waals surface area contributed by atoms with Crippen molar-refractivity contribution in [3.05, 3.63) is 188 Å². The van der Waals surface area contributed by atoms with Crippen molar-refractivity contribution in [2.75, 3.05) is 4.90 Å². The lowest BCUT2D eigenvalue weighted by molar-refractivity contribution is 0.477. The molecule has 10 rings (SSSR count). The Morgan fingerprint density at radius 3 is 1.27 bits per heavy atom. The second kappa shape index (κ2) is 12.4. The molecular formula is C48H31N3O. The summed E-state index contributed by atoms with van der Waals surface area (Å²) in [4.78, 5) is 12.5. The van der Waals surface area contributed by atoms with Gasteiger partial charge in [0.25, 0.3) is 0 Å². The normalized spacial score (nSPS) is 12.0. The number of para-hydroxylation sites is 3. The molecule has 0 bridgehead atoms. The molecule has 0 saturated carbocycles. The first-order valence-electron chi connectivity index (χ1n) is 17.5. The summed E-state index contributed by atoms with van der Waals surface area (Å²) in [5.41, 5.74) is 13.3. The number of ether oxygens (including phenoxy) is 1. The van der Waals surface area contributed by atoms with Crippen LogP contribution >= 0.6 is 0 Å². The topological polar surface area (TPSA) is 38.2 Å². The van der Waals surface area contributed by atoms with Gasteiger partial charge in [0, 0.05) is 27.6 Å². The maximum Gasteiger partial charge on any atom is 0.152 e. The molecule has 2 aromatic heterocycles. The number of pyridine rings is 2. The van der Waals surface area contributed by atoms with Gasteiger partial charge in [-0.3, -0.25) is 0 Å². The van der Waals surface area contributed by atoms with E-state index < -0.39 is 0 Å². The van der Waals surface area contributed by atoms with E-state index in [1.54, 1.807) is 0 Å². The summed E-state index contributed by atoms with van der Waals surface area (Å²) >= 11 is 0. The Morgan fingerprint density at radius 1 is 0.365 bits per heavy atom. The lowest BCUT2D eigenvalue weighted by Crippen LogP contribution is -2.16. The van der Waals surface area contributed by atoms with Crippen LogP contribution in [-0.2, 0) is 0 Å². The minimum Gasteiger partial charge on any atom is -0.453 e. The van der Waals surface area contributed by atoms with Crippen LogP contribution in [0.5, 0.6) is 11.5 Å². The molecule has 0 saturated heterocycles. The van der Waals surface area contributed by atoms with Crippen molar-refractivity contribution in [3.8, 4) is 56.3 Å². The van der Waals surface area contributed by atoms with Crippen LogP contribution in [0.25, 0.3) is 66.6 Å². The lowest BCUT2D eigenvalue weighted by Gasteiger charge is -2.33. The van der Waals surface area contributed by atoms with Crippen molar-refractivity contribution in [1.82, 2.24) is 9.97 Å². The van der Waals surface area contributed by atoms with Crippen molar-refractivity contribution >= 4 is 38.9 Å². The molecule has 1 aliphatic rings. The average molecular weight is 666 g/mol. The first-order chi connectivity index (χ1) is 25.8. The maximum atomic E-state index is 6.86. The highest BCUT2D eigenvalue weighted by molar-refractivity contribution is 5.99. The van der Waals surface area contributed by atoms with Gasteiger partial charge in [-0.05, 0) is 82.9 Å². The SMILES string of the molecule is c1ccc(-c2cc(-c3ccc4c(c3)Oc3cc(-c5cc(-c6ccccc6)c6ccccc6n5)ccc3N4c3ccccc3)nc3ccccc23)cc1. The Kier molecular flexibility index (Phi) is 7.10. The number of benzene rings is 7. The zero-order valence-corrected chi connectivity index (χ0v) is 28.1. The minimum absolute atomic E-state index is 0.763. The van der Waals surface area contributed by atoms with Crippen LogP contribution in [0.1, 0.15) is 0 Å².